The van der Waals surface area contributed by atoms with E-state index in [4.69, 9.17) is 21.1 Å². The molecule has 0 radical (unpaired) electrons. The highest BCUT2D eigenvalue weighted by molar-refractivity contribution is 6.31. The first-order valence-electron chi connectivity index (χ1n) is 10.6. The summed E-state index contributed by atoms with van der Waals surface area (Å²) in [6.45, 7) is 2.57. The Kier molecular flexibility index (Phi) is 6.37. The van der Waals surface area contributed by atoms with Crippen LogP contribution in [0.1, 0.15) is 49.0 Å². The van der Waals surface area contributed by atoms with Gasteiger partial charge in [0, 0.05) is 17.5 Å². The van der Waals surface area contributed by atoms with E-state index in [0.29, 0.717) is 24.5 Å². The number of halogens is 1. The van der Waals surface area contributed by atoms with E-state index in [1.165, 1.54) is 0 Å². The smallest absolute Gasteiger partial charge is 0.119 e. The molecule has 0 spiro atoms. The molecule has 30 heavy (non-hydrogen) atoms. The molecule has 2 aromatic rings. The number of fused-ring (bicyclic) bond motifs is 1. The van der Waals surface area contributed by atoms with Gasteiger partial charge in [-0.15, -0.1) is 0 Å². The lowest BCUT2D eigenvalue weighted by atomic mass is 9.61. The maximum Gasteiger partial charge on any atom is 0.119 e. The van der Waals surface area contributed by atoms with E-state index in [9.17, 15) is 15.3 Å². The highest BCUT2D eigenvalue weighted by Crippen LogP contribution is 2.54. The minimum atomic E-state index is -1.01. The van der Waals surface area contributed by atoms with Crippen molar-refractivity contribution in [1.29, 1.82) is 0 Å². The lowest BCUT2D eigenvalue weighted by Crippen LogP contribution is -2.63. The molecule has 1 aliphatic carbocycles. The van der Waals surface area contributed by atoms with Crippen LogP contribution >= 0.6 is 11.6 Å². The standard InChI is InChI=1S/C24H29ClO5/c1-2-29-18-6-3-15(4-7-18)13-17-14-16(5-8-20(17)25)23-22(28)21(27)19-9-10-24(19,30-23)11-12-26/h3-8,14,19,21-23,26-28H,2,9-13H2,1H3. The van der Waals surface area contributed by atoms with E-state index < -0.39 is 23.9 Å². The van der Waals surface area contributed by atoms with Crippen LogP contribution in [0.15, 0.2) is 42.5 Å². The van der Waals surface area contributed by atoms with E-state index >= 15 is 0 Å². The summed E-state index contributed by atoms with van der Waals surface area (Å²) in [7, 11) is 0. The van der Waals surface area contributed by atoms with Crippen LogP contribution in [-0.4, -0.2) is 46.3 Å². The molecule has 5 atom stereocenters. The summed E-state index contributed by atoms with van der Waals surface area (Å²) in [4.78, 5) is 0. The fourth-order valence-corrected chi connectivity index (χ4v) is 5.01. The zero-order valence-corrected chi connectivity index (χ0v) is 17.9. The third-order valence-corrected chi connectivity index (χ3v) is 6.92. The largest absolute Gasteiger partial charge is 0.494 e. The van der Waals surface area contributed by atoms with Gasteiger partial charge in [-0.3, -0.25) is 0 Å². The van der Waals surface area contributed by atoms with Crippen molar-refractivity contribution in [3.05, 3.63) is 64.2 Å². The van der Waals surface area contributed by atoms with Gasteiger partial charge in [-0.1, -0.05) is 35.9 Å². The molecule has 0 amide bonds. The molecular weight excluding hydrogens is 404 g/mol. The third-order valence-electron chi connectivity index (χ3n) is 6.55. The Bertz CT molecular complexity index is 870. The Labute approximate surface area is 182 Å². The number of rotatable bonds is 7. The minimum absolute atomic E-state index is 0.00432. The van der Waals surface area contributed by atoms with Crippen LogP contribution < -0.4 is 4.74 Å². The van der Waals surface area contributed by atoms with Gasteiger partial charge in [-0.05, 0) is 67.5 Å². The van der Waals surface area contributed by atoms with Crippen LogP contribution in [0, 0.1) is 5.92 Å². The second-order valence-corrected chi connectivity index (χ2v) is 8.71. The van der Waals surface area contributed by atoms with Gasteiger partial charge >= 0.3 is 0 Å². The van der Waals surface area contributed by atoms with Crippen LogP contribution in [0.3, 0.4) is 0 Å². The maximum atomic E-state index is 10.7. The highest BCUT2D eigenvalue weighted by atomic mass is 35.5. The third kappa shape index (κ3) is 3.97. The predicted octanol–water partition coefficient (Wildman–Crippen LogP) is 3.65. The Morgan fingerprint density at radius 2 is 1.90 bits per heavy atom. The number of benzene rings is 2. The lowest BCUT2D eigenvalue weighted by molar-refractivity contribution is -0.292. The van der Waals surface area contributed by atoms with E-state index in [1.54, 1.807) is 0 Å². The summed E-state index contributed by atoms with van der Waals surface area (Å²) in [5.41, 5.74) is 2.25. The van der Waals surface area contributed by atoms with E-state index in [1.807, 2.05) is 49.4 Å². The highest BCUT2D eigenvalue weighted by Gasteiger charge is 2.58. The summed E-state index contributed by atoms with van der Waals surface area (Å²) >= 11 is 6.46. The Hall–Kier alpha value is -1.63. The molecule has 1 heterocycles. The predicted molar refractivity (Wildman–Crippen MR) is 115 cm³/mol. The van der Waals surface area contributed by atoms with Crippen molar-refractivity contribution in [2.24, 2.45) is 5.92 Å². The molecule has 2 aliphatic rings. The molecule has 6 heteroatoms. The number of aliphatic hydroxyl groups excluding tert-OH is 3. The topological polar surface area (TPSA) is 79.2 Å². The summed E-state index contributed by atoms with van der Waals surface area (Å²) in [5, 5.41) is 31.5. The molecule has 2 aromatic carbocycles. The fourth-order valence-electron chi connectivity index (χ4n) is 4.82. The van der Waals surface area contributed by atoms with Crippen molar-refractivity contribution in [2.75, 3.05) is 13.2 Å². The van der Waals surface area contributed by atoms with Crippen molar-refractivity contribution in [2.45, 2.75) is 56.5 Å². The van der Waals surface area contributed by atoms with Crippen molar-refractivity contribution >= 4 is 11.6 Å². The van der Waals surface area contributed by atoms with Gasteiger partial charge in [-0.2, -0.15) is 0 Å². The van der Waals surface area contributed by atoms with Gasteiger partial charge in [0.2, 0.25) is 0 Å². The average Bonchev–Trinajstić information content (AvgIpc) is 2.72. The van der Waals surface area contributed by atoms with E-state index in [0.717, 1.165) is 35.3 Å². The van der Waals surface area contributed by atoms with Gasteiger partial charge in [0.15, 0.2) is 0 Å². The van der Waals surface area contributed by atoms with Crippen LogP contribution in [0.2, 0.25) is 5.02 Å². The molecule has 1 saturated carbocycles. The van der Waals surface area contributed by atoms with E-state index in [2.05, 4.69) is 0 Å². The quantitative estimate of drug-likeness (QED) is 0.622. The van der Waals surface area contributed by atoms with Crippen LogP contribution in [0.5, 0.6) is 5.75 Å². The van der Waals surface area contributed by atoms with Gasteiger partial charge in [0.1, 0.15) is 18.0 Å². The normalized spacial score (nSPS) is 30.4. The van der Waals surface area contributed by atoms with Crippen LogP contribution in [0.25, 0.3) is 0 Å². The summed E-state index contributed by atoms with van der Waals surface area (Å²) in [6.07, 6.45) is 0.148. The molecular formula is C24H29ClO5. The zero-order chi connectivity index (χ0) is 21.3. The second kappa shape index (κ2) is 8.85. The summed E-state index contributed by atoms with van der Waals surface area (Å²) < 4.78 is 11.8. The molecule has 5 unspecified atom stereocenters. The fraction of sp³-hybridized carbons (Fsp3) is 0.500. The van der Waals surface area contributed by atoms with Crippen LogP contribution in [-0.2, 0) is 11.2 Å². The average molecular weight is 433 g/mol. The van der Waals surface area contributed by atoms with Crippen molar-refractivity contribution in [1.82, 2.24) is 0 Å². The first-order chi connectivity index (χ1) is 14.5. The number of aliphatic hydroxyl groups is 3. The van der Waals surface area contributed by atoms with Crippen LogP contribution in [0.4, 0.5) is 0 Å². The molecule has 5 nitrogen and oxygen atoms in total. The molecule has 3 N–H and O–H groups in total. The Morgan fingerprint density at radius 3 is 2.53 bits per heavy atom. The van der Waals surface area contributed by atoms with Gasteiger partial charge in [0.05, 0.1) is 18.3 Å². The lowest BCUT2D eigenvalue weighted by Gasteiger charge is -2.58. The van der Waals surface area contributed by atoms with Crippen molar-refractivity contribution < 1.29 is 24.8 Å². The van der Waals surface area contributed by atoms with Crippen molar-refractivity contribution in [3.63, 3.8) is 0 Å². The monoisotopic (exact) mass is 432 g/mol. The number of hydrogen-bond donors (Lipinski definition) is 3. The number of ether oxygens (including phenoxy) is 2. The Balaban J connectivity index is 1.57. The van der Waals surface area contributed by atoms with Crippen molar-refractivity contribution in [3.8, 4) is 5.75 Å². The van der Waals surface area contributed by atoms with Gasteiger partial charge in [0.25, 0.3) is 0 Å². The molecule has 162 valence electrons. The van der Waals surface area contributed by atoms with Gasteiger partial charge < -0.3 is 24.8 Å². The molecule has 4 rings (SSSR count). The minimum Gasteiger partial charge on any atom is -0.494 e. The SMILES string of the molecule is CCOc1ccc(Cc2cc(C3OC4(CCO)CCC4C(O)C3O)ccc2Cl)cc1. The van der Waals surface area contributed by atoms with E-state index in [-0.39, 0.29) is 12.5 Å². The Morgan fingerprint density at radius 1 is 1.13 bits per heavy atom. The molecule has 0 aromatic heterocycles. The molecule has 2 fully saturated rings. The molecule has 1 saturated heterocycles. The number of hydrogen-bond acceptors (Lipinski definition) is 5. The van der Waals surface area contributed by atoms with Gasteiger partial charge in [-0.25, -0.2) is 0 Å². The molecule has 0 bridgehead atoms. The first kappa shape index (κ1) is 21.6. The first-order valence-corrected chi connectivity index (χ1v) is 11.0. The zero-order valence-electron chi connectivity index (χ0n) is 17.1. The second-order valence-electron chi connectivity index (χ2n) is 8.31. The summed E-state index contributed by atoms with van der Waals surface area (Å²) in [6, 6.07) is 13.5. The maximum absolute atomic E-state index is 10.7. The molecule has 1 aliphatic heterocycles. The summed E-state index contributed by atoms with van der Waals surface area (Å²) in [5.74, 6) is 0.699.